The van der Waals surface area contributed by atoms with E-state index in [2.05, 4.69) is 67.2 Å². The highest BCUT2D eigenvalue weighted by atomic mass is 15.6. The molecule has 2 fully saturated rings. The number of piperazine rings is 1. The number of allylic oxidation sites excluding steroid dienone is 2. The van der Waals surface area contributed by atoms with Crippen LogP contribution in [0.4, 0.5) is 0 Å². The Morgan fingerprint density at radius 2 is 1.79 bits per heavy atom. The van der Waals surface area contributed by atoms with E-state index in [1.54, 1.807) is 12.5 Å². The first-order valence-corrected chi connectivity index (χ1v) is 14.8. The molecule has 1 atom stereocenters. The summed E-state index contributed by atoms with van der Waals surface area (Å²) in [6.07, 6.45) is 11.5. The molecule has 4 aliphatic rings. The third-order valence-electron chi connectivity index (χ3n) is 9.21. The van der Waals surface area contributed by atoms with Gasteiger partial charge in [0.15, 0.2) is 0 Å². The van der Waals surface area contributed by atoms with Crippen LogP contribution in [-0.2, 0) is 6.54 Å². The van der Waals surface area contributed by atoms with E-state index in [4.69, 9.17) is 15.8 Å². The lowest BCUT2D eigenvalue weighted by molar-refractivity contribution is -0.750. The molecule has 1 saturated carbocycles. The van der Waals surface area contributed by atoms with E-state index >= 15 is 0 Å². The predicted molar refractivity (Wildman–Crippen MR) is 165 cm³/mol. The Kier molecular flexibility index (Phi) is 6.19. The lowest BCUT2D eigenvalue weighted by Gasteiger charge is -2.46. The molecule has 3 aliphatic heterocycles. The largest absolute Gasteiger partial charge is 0.347 e. The van der Waals surface area contributed by atoms with Crippen LogP contribution in [0.2, 0.25) is 0 Å². The summed E-state index contributed by atoms with van der Waals surface area (Å²) >= 11 is 0. The van der Waals surface area contributed by atoms with Gasteiger partial charge in [-0.1, -0.05) is 42.5 Å². The summed E-state index contributed by atoms with van der Waals surface area (Å²) in [6, 6.07) is 21.4. The molecular weight excluding hydrogens is 522 g/mol. The van der Waals surface area contributed by atoms with Gasteiger partial charge in [0.1, 0.15) is 11.9 Å². The van der Waals surface area contributed by atoms with Crippen molar-refractivity contribution in [2.75, 3.05) is 26.2 Å². The highest BCUT2D eigenvalue weighted by Crippen LogP contribution is 2.44. The third-order valence-corrected chi connectivity index (χ3v) is 9.21. The second-order valence-electron chi connectivity index (χ2n) is 11.7. The summed E-state index contributed by atoms with van der Waals surface area (Å²) < 4.78 is 0.0517. The van der Waals surface area contributed by atoms with Crippen molar-refractivity contribution in [1.29, 1.82) is 0 Å². The number of nitrogens with one attached hydrogen (secondary N) is 1. The van der Waals surface area contributed by atoms with Gasteiger partial charge in [0.2, 0.25) is 5.70 Å². The van der Waals surface area contributed by atoms with E-state index in [1.165, 1.54) is 5.69 Å². The average Bonchev–Trinajstić information content (AvgIpc) is 3.63. The summed E-state index contributed by atoms with van der Waals surface area (Å²) in [5.41, 5.74) is 7.22. The van der Waals surface area contributed by atoms with Crippen molar-refractivity contribution in [3.8, 4) is 11.3 Å². The Hall–Kier alpha value is -4.28. The molecule has 1 saturated heterocycles. The van der Waals surface area contributed by atoms with Crippen molar-refractivity contribution < 1.29 is 4.59 Å². The summed E-state index contributed by atoms with van der Waals surface area (Å²) in [5.74, 6) is 8.30. The number of nitrogens with two attached hydrogens (primary N) is 1. The number of aromatic nitrogens is 3. The highest BCUT2D eigenvalue weighted by molar-refractivity contribution is 6.02. The number of nitrogens with zero attached hydrogens (tertiary/aromatic N) is 7. The van der Waals surface area contributed by atoms with Crippen molar-refractivity contribution in [3.63, 3.8) is 0 Å². The molecule has 0 amide bonds. The van der Waals surface area contributed by atoms with E-state index in [0.29, 0.717) is 12.0 Å². The van der Waals surface area contributed by atoms with E-state index in [-0.39, 0.29) is 4.59 Å². The van der Waals surface area contributed by atoms with E-state index < -0.39 is 0 Å². The van der Waals surface area contributed by atoms with Crippen molar-refractivity contribution in [2.45, 2.75) is 25.4 Å². The van der Waals surface area contributed by atoms with Crippen LogP contribution in [0.5, 0.6) is 0 Å². The highest BCUT2D eigenvalue weighted by Gasteiger charge is 2.49. The number of hydrogen-bond donors (Lipinski definition) is 2. The molecule has 9 heteroatoms. The summed E-state index contributed by atoms with van der Waals surface area (Å²) in [6.45, 7) is 5.30. The molecule has 5 heterocycles. The second kappa shape index (κ2) is 10.2. The number of rotatable bonds is 6. The number of hydrogen-bond acceptors (Lipinski definition) is 7. The van der Waals surface area contributed by atoms with Crippen LogP contribution in [0.15, 0.2) is 107 Å². The smallest absolute Gasteiger partial charge is 0.264 e. The van der Waals surface area contributed by atoms with Gasteiger partial charge in [0.05, 0.1) is 35.5 Å². The number of pyridine rings is 1. The molecule has 4 aromatic rings. The Bertz CT molecular complexity index is 1740. The standard InChI is InChI=1S/C33H34N9/c34-42-15-10-35-20-31(42)32(26-16-28(17-26)41-13-11-40(12-14-41)21-27-19-36-22-37-27)39-33(42)25-7-6-24-8-9-29(38-30(24)18-25)23-4-2-1-3-5-23/h1-10,15,18-20,22,26,28H,11-14,16-17,21,34H2,(H,36,37)/q+1. The minimum Gasteiger partial charge on any atom is -0.347 e. The lowest BCUT2D eigenvalue weighted by Crippen LogP contribution is -2.54. The molecule has 0 spiro atoms. The molecule has 9 nitrogen and oxygen atoms in total. The van der Waals surface area contributed by atoms with Crippen LogP contribution in [-0.4, -0.2) is 73.6 Å². The first-order chi connectivity index (χ1) is 20.6. The monoisotopic (exact) mass is 556 g/mol. The van der Waals surface area contributed by atoms with E-state index in [9.17, 15) is 0 Å². The molecule has 8 rings (SSSR count). The summed E-state index contributed by atoms with van der Waals surface area (Å²) in [4.78, 5) is 27.2. The van der Waals surface area contributed by atoms with Crippen LogP contribution in [0.1, 0.15) is 24.1 Å². The van der Waals surface area contributed by atoms with E-state index in [1.807, 2.05) is 36.8 Å². The first kappa shape index (κ1) is 25.4. The molecule has 0 bridgehead atoms. The zero-order chi connectivity index (χ0) is 28.1. The Morgan fingerprint density at radius 3 is 2.60 bits per heavy atom. The fraction of sp³-hybridized carbons (Fsp3) is 0.273. The van der Waals surface area contributed by atoms with Gasteiger partial charge < -0.3 is 4.98 Å². The Labute approximate surface area is 245 Å². The normalized spacial score (nSPS) is 26.0. The maximum Gasteiger partial charge on any atom is 0.264 e. The van der Waals surface area contributed by atoms with Crippen molar-refractivity contribution >= 4 is 23.0 Å². The number of fused-ring (bicyclic) bond motifs is 2. The molecule has 3 N–H and O–H groups in total. The van der Waals surface area contributed by atoms with Gasteiger partial charge >= 0.3 is 0 Å². The Balaban J connectivity index is 1.01. The molecule has 2 aromatic heterocycles. The lowest BCUT2D eigenvalue weighted by atomic mass is 9.76. The zero-order valence-corrected chi connectivity index (χ0v) is 23.5. The predicted octanol–water partition coefficient (Wildman–Crippen LogP) is 4.44. The van der Waals surface area contributed by atoms with Crippen LogP contribution in [0.3, 0.4) is 0 Å². The van der Waals surface area contributed by atoms with Crippen molar-refractivity contribution in [1.82, 2.24) is 24.8 Å². The summed E-state index contributed by atoms with van der Waals surface area (Å²) in [5, 5.41) is 1.09. The number of benzene rings is 2. The molecular formula is C33H34N9+. The zero-order valence-electron chi connectivity index (χ0n) is 23.5. The third kappa shape index (κ3) is 4.42. The minimum absolute atomic E-state index is 0.0517. The van der Waals surface area contributed by atoms with Gasteiger partial charge in [0, 0.05) is 67.5 Å². The number of H-pyrrole nitrogens is 1. The summed E-state index contributed by atoms with van der Waals surface area (Å²) in [7, 11) is 0. The fourth-order valence-corrected chi connectivity index (χ4v) is 6.74. The van der Waals surface area contributed by atoms with Crippen molar-refractivity contribution in [3.05, 3.63) is 108 Å². The van der Waals surface area contributed by atoms with Gasteiger partial charge in [-0.05, 0) is 31.0 Å². The van der Waals surface area contributed by atoms with Gasteiger partial charge in [-0.2, -0.15) is 10.8 Å². The molecule has 42 heavy (non-hydrogen) atoms. The maximum atomic E-state index is 7.09. The number of amidine groups is 1. The molecule has 2 aromatic carbocycles. The number of aromatic amines is 1. The number of quaternary nitrogens is 1. The van der Waals surface area contributed by atoms with E-state index in [0.717, 1.165) is 90.5 Å². The maximum absolute atomic E-state index is 7.09. The quantitative estimate of drug-likeness (QED) is 0.270. The van der Waals surface area contributed by atoms with Gasteiger partial charge in [0.25, 0.3) is 5.84 Å². The fourth-order valence-electron chi connectivity index (χ4n) is 6.74. The average molecular weight is 557 g/mol. The van der Waals surface area contributed by atoms with Crippen molar-refractivity contribution in [2.24, 2.45) is 21.7 Å². The number of aliphatic imine (C=N–C) groups is 2. The molecule has 1 aliphatic carbocycles. The van der Waals surface area contributed by atoms with Crippen LogP contribution in [0, 0.1) is 5.92 Å². The topological polar surface area (TPSA) is 98.8 Å². The molecule has 1 unspecified atom stereocenters. The van der Waals surface area contributed by atoms with Crippen LogP contribution >= 0.6 is 0 Å². The van der Waals surface area contributed by atoms with Crippen LogP contribution < -0.4 is 5.84 Å². The molecule has 0 radical (unpaired) electrons. The number of imidazole rings is 1. The minimum atomic E-state index is 0.0517. The second-order valence-corrected chi connectivity index (χ2v) is 11.7. The molecule has 210 valence electrons. The van der Waals surface area contributed by atoms with Crippen LogP contribution in [0.25, 0.3) is 22.2 Å². The first-order valence-electron chi connectivity index (χ1n) is 14.8. The SMILES string of the molecule is N[N+]12C=CN=CC1=C(C1CC(N3CCN(Cc4cnc[nH]4)CC3)C1)N=C2c1ccc2ccc(-c3ccccc3)nc2c1. The van der Waals surface area contributed by atoms with Gasteiger partial charge in [-0.25, -0.2) is 9.97 Å². The van der Waals surface area contributed by atoms with Gasteiger partial charge in [-0.3, -0.25) is 14.8 Å². The Morgan fingerprint density at radius 1 is 0.952 bits per heavy atom. The van der Waals surface area contributed by atoms with Gasteiger partial charge in [-0.15, -0.1) is 4.59 Å².